The van der Waals surface area contributed by atoms with Crippen molar-refractivity contribution < 1.29 is 4.42 Å². The Morgan fingerprint density at radius 1 is 1.00 bits per heavy atom. The molecule has 5 rings (SSSR count). The largest absolute Gasteiger partial charge is 0.423 e. The molecule has 8 heteroatoms. The second-order valence-electron chi connectivity index (χ2n) is 7.45. The Morgan fingerprint density at radius 2 is 1.77 bits per heavy atom. The molecular weight excluding hydrogens is 394 g/mol. The molecule has 0 aliphatic rings. The number of hydrogen-bond donors (Lipinski definition) is 1. The fourth-order valence-electron chi connectivity index (χ4n) is 3.70. The molecule has 2 aromatic carbocycles. The third kappa shape index (κ3) is 3.09. The minimum Gasteiger partial charge on any atom is -0.423 e. The topological polar surface area (TPSA) is 95.0 Å². The quantitative estimate of drug-likeness (QED) is 0.454. The molecule has 0 spiro atoms. The molecule has 3 heterocycles. The maximum Gasteiger partial charge on any atom is 0.336 e. The number of nitrogens with zero attached hydrogens (tertiary/aromatic N) is 4. The van der Waals surface area contributed by atoms with Crippen LogP contribution in [0.15, 0.2) is 68.7 Å². The van der Waals surface area contributed by atoms with Crippen LogP contribution in [-0.4, -0.2) is 19.1 Å². The van der Waals surface area contributed by atoms with Crippen molar-refractivity contribution in [2.45, 2.75) is 13.8 Å². The lowest BCUT2D eigenvalue weighted by Gasteiger charge is -2.11. The number of rotatable bonds is 3. The molecule has 0 aliphatic carbocycles. The summed E-state index contributed by atoms with van der Waals surface area (Å²) >= 11 is 0. The summed E-state index contributed by atoms with van der Waals surface area (Å²) in [5.74, 6) is 0.361. The van der Waals surface area contributed by atoms with Crippen LogP contribution >= 0.6 is 0 Å². The number of nitrogens with one attached hydrogen (secondary N) is 1. The zero-order valence-corrected chi connectivity index (χ0v) is 17.2. The van der Waals surface area contributed by atoms with E-state index in [-0.39, 0.29) is 11.3 Å². The van der Waals surface area contributed by atoms with Gasteiger partial charge in [0.2, 0.25) is 5.95 Å². The normalized spacial score (nSPS) is 11.3. The minimum atomic E-state index is -0.373. The molecule has 0 atom stereocenters. The van der Waals surface area contributed by atoms with Crippen molar-refractivity contribution in [3.05, 3.63) is 86.8 Å². The van der Waals surface area contributed by atoms with E-state index in [2.05, 4.69) is 15.3 Å². The Bertz CT molecular complexity index is 1580. The van der Waals surface area contributed by atoms with Gasteiger partial charge in [0.25, 0.3) is 0 Å². The van der Waals surface area contributed by atoms with Crippen LogP contribution in [-0.2, 0) is 7.05 Å². The van der Waals surface area contributed by atoms with Crippen LogP contribution in [0.3, 0.4) is 0 Å². The summed E-state index contributed by atoms with van der Waals surface area (Å²) < 4.78 is 8.40. The van der Waals surface area contributed by atoms with Gasteiger partial charge in [-0.15, -0.1) is 0 Å². The van der Waals surface area contributed by atoms with Gasteiger partial charge in [0.1, 0.15) is 11.1 Å². The highest BCUT2D eigenvalue weighted by Crippen LogP contribution is 2.27. The first-order valence-electron chi connectivity index (χ1n) is 9.74. The average Bonchev–Trinajstić information content (AvgIpc) is 2.99. The smallest absolute Gasteiger partial charge is 0.336 e. The Hall–Kier alpha value is -4.20. The van der Waals surface area contributed by atoms with Crippen LogP contribution in [0.1, 0.15) is 11.1 Å². The predicted molar refractivity (Wildman–Crippen MR) is 119 cm³/mol. The highest BCUT2D eigenvalue weighted by Gasteiger charge is 2.16. The number of benzene rings is 2. The second-order valence-corrected chi connectivity index (χ2v) is 7.45. The average molecular weight is 413 g/mol. The number of anilines is 2. The minimum absolute atomic E-state index is 0.194. The highest BCUT2D eigenvalue weighted by molar-refractivity contribution is 5.86. The zero-order chi connectivity index (χ0) is 21.7. The number of imidazole rings is 1. The van der Waals surface area contributed by atoms with Crippen molar-refractivity contribution in [2.75, 3.05) is 5.32 Å². The Labute approximate surface area is 176 Å². The molecule has 5 aromatic rings. The van der Waals surface area contributed by atoms with Gasteiger partial charge in [0.05, 0.1) is 11.9 Å². The number of fused-ring (bicyclic) bond motifs is 2. The molecule has 0 amide bonds. The molecule has 0 unspecified atom stereocenters. The first-order chi connectivity index (χ1) is 14.9. The van der Waals surface area contributed by atoms with E-state index in [0.29, 0.717) is 22.7 Å². The molecule has 0 saturated heterocycles. The third-order valence-electron chi connectivity index (χ3n) is 5.36. The van der Waals surface area contributed by atoms with Crippen LogP contribution in [0.4, 0.5) is 11.6 Å². The van der Waals surface area contributed by atoms with Gasteiger partial charge in [0, 0.05) is 24.2 Å². The van der Waals surface area contributed by atoms with Crippen LogP contribution in [0.2, 0.25) is 0 Å². The monoisotopic (exact) mass is 413 g/mol. The Morgan fingerprint density at radius 3 is 2.55 bits per heavy atom. The lowest BCUT2D eigenvalue weighted by Crippen LogP contribution is -2.20. The lowest BCUT2D eigenvalue weighted by atomic mass is 10.1. The fraction of sp³-hybridized carbons (Fsp3) is 0.130. The first-order valence-corrected chi connectivity index (χ1v) is 9.74. The van der Waals surface area contributed by atoms with Crippen molar-refractivity contribution in [1.82, 2.24) is 19.1 Å². The van der Waals surface area contributed by atoms with Crippen LogP contribution in [0.5, 0.6) is 0 Å². The standard InChI is InChI=1S/C23H19N5O3/c1-13-10-20(29)31-19-9-14(2)17(11-16(13)19)25-22-24-12-18-21(26-22)28(23(30)27(18)3)15-7-5-4-6-8-15/h4-12H,1-3H3,(H,24,25,26). The summed E-state index contributed by atoms with van der Waals surface area (Å²) in [7, 11) is 1.70. The number of hydrogen-bond acceptors (Lipinski definition) is 6. The van der Waals surface area contributed by atoms with Crippen LogP contribution in [0, 0.1) is 13.8 Å². The summed E-state index contributed by atoms with van der Waals surface area (Å²) in [5, 5.41) is 4.07. The number of aromatic nitrogens is 4. The molecule has 1 N–H and O–H groups in total. The summed E-state index contributed by atoms with van der Waals surface area (Å²) in [4.78, 5) is 33.5. The van der Waals surface area contributed by atoms with E-state index >= 15 is 0 Å². The fourth-order valence-corrected chi connectivity index (χ4v) is 3.70. The van der Waals surface area contributed by atoms with Crippen LogP contribution in [0.25, 0.3) is 27.8 Å². The van der Waals surface area contributed by atoms with Gasteiger partial charge in [0.15, 0.2) is 5.65 Å². The van der Waals surface area contributed by atoms with Crippen molar-refractivity contribution in [2.24, 2.45) is 7.05 Å². The van der Waals surface area contributed by atoms with E-state index in [1.165, 1.54) is 10.6 Å². The van der Waals surface area contributed by atoms with Gasteiger partial charge < -0.3 is 9.73 Å². The summed E-state index contributed by atoms with van der Waals surface area (Å²) in [6, 6.07) is 14.6. The van der Waals surface area contributed by atoms with Gasteiger partial charge in [-0.05, 0) is 49.2 Å². The summed E-state index contributed by atoms with van der Waals surface area (Å²) in [5.41, 5.74) is 4.32. The molecule has 31 heavy (non-hydrogen) atoms. The highest BCUT2D eigenvalue weighted by atomic mass is 16.4. The Kier molecular flexibility index (Phi) is 4.21. The van der Waals surface area contributed by atoms with E-state index < -0.39 is 0 Å². The third-order valence-corrected chi connectivity index (χ3v) is 5.36. The zero-order valence-electron chi connectivity index (χ0n) is 17.2. The Balaban J connectivity index is 1.65. The van der Waals surface area contributed by atoms with Gasteiger partial charge in [-0.1, -0.05) is 18.2 Å². The summed E-state index contributed by atoms with van der Waals surface area (Å²) in [6.07, 6.45) is 1.63. The van der Waals surface area contributed by atoms with Crippen molar-refractivity contribution >= 4 is 33.8 Å². The molecule has 0 aliphatic heterocycles. The van der Waals surface area contributed by atoms with E-state index in [9.17, 15) is 9.59 Å². The second kappa shape index (κ2) is 6.94. The van der Waals surface area contributed by atoms with E-state index in [4.69, 9.17) is 4.42 Å². The van der Waals surface area contributed by atoms with Crippen LogP contribution < -0.4 is 16.6 Å². The molecular formula is C23H19N5O3. The first kappa shape index (κ1) is 18.8. The van der Waals surface area contributed by atoms with Crippen molar-refractivity contribution in [3.8, 4) is 5.69 Å². The maximum absolute atomic E-state index is 12.8. The molecule has 0 saturated carbocycles. The number of aryl methyl sites for hydroxylation is 3. The van der Waals surface area contributed by atoms with Gasteiger partial charge in [-0.25, -0.2) is 19.1 Å². The van der Waals surface area contributed by atoms with E-state index in [0.717, 1.165) is 27.9 Å². The molecule has 0 fully saturated rings. The molecule has 0 bridgehead atoms. The molecule has 3 aromatic heterocycles. The SMILES string of the molecule is Cc1cc2oc(=O)cc(C)c2cc1Nc1ncc2c(n1)n(-c1ccccc1)c(=O)n2C. The van der Waals surface area contributed by atoms with E-state index in [1.54, 1.807) is 17.8 Å². The van der Waals surface area contributed by atoms with Crippen molar-refractivity contribution in [1.29, 1.82) is 0 Å². The molecule has 0 radical (unpaired) electrons. The lowest BCUT2D eigenvalue weighted by molar-refractivity contribution is 0.559. The maximum atomic E-state index is 12.8. The van der Waals surface area contributed by atoms with Gasteiger partial charge in [-0.3, -0.25) is 4.57 Å². The van der Waals surface area contributed by atoms with Crippen molar-refractivity contribution in [3.63, 3.8) is 0 Å². The van der Waals surface area contributed by atoms with E-state index in [1.807, 2.05) is 56.3 Å². The molecule has 154 valence electrons. The van der Waals surface area contributed by atoms with Gasteiger partial charge >= 0.3 is 11.3 Å². The summed E-state index contributed by atoms with van der Waals surface area (Å²) in [6.45, 7) is 3.77. The predicted octanol–water partition coefficient (Wildman–Crippen LogP) is 3.59. The van der Waals surface area contributed by atoms with Gasteiger partial charge in [-0.2, -0.15) is 4.98 Å². The molecule has 8 nitrogen and oxygen atoms in total. The number of para-hydroxylation sites is 1.